The Balaban J connectivity index is 3.39. The smallest absolute Gasteiger partial charge is 0.0669 e. The third kappa shape index (κ3) is 6.62. The minimum atomic E-state index is 0.349. The van der Waals surface area contributed by atoms with Gasteiger partial charge >= 0.3 is 0 Å². The quantitative estimate of drug-likeness (QED) is 0.609. The summed E-state index contributed by atoms with van der Waals surface area (Å²) >= 11 is 0. The van der Waals surface area contributed by atoms with Crippen molar-refractivity contribution in [1.82, 2.24) is 4.90 Å². The van der Waals surface area contributed by atoms with E-state index < -0.39 is 0 Å². The molecule has 74 valence electrons. The Morgan fingerprint density at radius 1 is 1.25 bits per heavy atom. The van der Waals surface area contributed by atoms with Crippen LogP contribution in [-0.2, 0) is 4.74 Å². The third-order valence-electron chi connectivity index (χ3n) is 2.06. The van der Waals surface area contributed by atoms with Crippen molar-refractivity contribution in [3.63, 3.8) is 0 Å². The van der Waals surface area contributed by atoms with Crippen molar-refractivity contribution in [2.45, 2.75) is 33.3 Å². The van der Waals surface area contributed by atoms with Crippen molar-refractivity contribution in [2.24, 2.45) is 5.92 Å². The number of hydrogen-bond acceptors (Lipinski definition) is 2. The van der Waals surface area contributed by atoms with Gasteiger partial charge < -0.3 is 9.64 Å². The molecule has 0 saturated heterocycles. The summed E-state index contributed by atoms with van der Waals surface area (Å²) in [5.41, 5.74) is 0. The summed E-state index contributed by atoms with van der Waals surface area (Å²) in [4.78, 5) is 2.33. The lowest BCUT2D eigenvalue weighted by molar-refractivity contribution is 0.0844. The first-order valence-electron chi connectivity index (χ1n) is 4.77. The molecule has 0 aromatic carbocycles. The van der Waals surface area contributed by atoms with E-state index in [0.717, 1.165) is 12.5 Å². The molecule has 0 aromatic heterocycles. The largest absolute Gasteiger partial charge is 0.380 e. The lowest BCUT2D eigenvalue weighted by Crippen LogP contribution is -2.29. The Hall–Kier alpha value is -0.0800. The minimum absolute atomic E-state index is 0.349. The monoisotopic (exact) mass is 173 g/mol. The van der Waals surface area contributed by atoms with Gasteiger partial charge in [0, 0.05) is 13.7 Å². The van der Waals surface area contributed by atoms with Crippen molar-refractivity contribution >= 4 is 0 Å². The maximum Gasteiger partial charge on any atom is 0.0669 e. The molecule has 1 unspecified atom stereocenters. The third-order valence-corrected chi connectivity index (χ3v) is 2.06. The normalized spacial score (nSPS) is 14.2. The van der Waals surface area contributed by atoms with Gasteiger partial charge in [0.15, 0.2) is 0 Å². The maximum absolute atomic E-state index is 5.19. The van der Waals surface area contributed by atoms with Gasteiger partial charge in [-0.2, -0.15) is 0 Å². The summed E-state index contributed by atoms with van der Waals surface area (Å²) in [5.74, 6) is 0.797. The van der Waals surface area contributed by atoms with Crippen LogP contribution in [0, 0.1) is 5.92 Å². The van der Waals surface area contributed by atoms with Gasteiger partial charge in [-0.3, -0.25) is 0 Å². The Kier molecular flexibility index (Phi) is 6.39. The molecule has 2 nitrogen and oxygen atoms in total. The Bertz CT molecular complexity index is 104. The van der Waals surface area contributed by atoms with Crippen LogP contribution in [0.25, 0.3) is 0 Å². The van der Waals surface area contributed by atoms with Gasteiger partial charge in [0.1, 0.15) is 0 Å². The summed E-state index contributed by atoms with van der Waals surface area (Å²) in [6.45, 7) is 8.82. The molecule has 0 spiro atoms. The molecule has 0 amide bonds. The molecule has 0 aliphatic heterocycles. The van der Waals surface area contributed by atoms with Gasteiger partial charge in [-0.15, -0.1) is 0 Å². The fourth-order valence-electron chi connectivity index (χ4n) is 1.08. The van der Waals surface area contributed by atoms with E-state index in [1.807, 2.05) is 0 Å². The second-order valence-electron chi connectivity index (χ2n) is 3.99. The highest BCUT2D eigenvalue weighted by atomic mass is 16.5. The van der Waals surface area contributed by atoms with Crippen LogP contribution in [0.4, 0.5) is 0 Å². The molecule has 0 aliphatic carbocycles. The average molecular weight is 173 g/mol. The fourth-order valence-corrected chi connectivity index (χ4v) is 1.08. The lowest BCUT2D eigenvalue weighted by atomic mass is 10.1. The molecule has 0 bridgehead atoms. The highest BCUT2D eigenvalue weighted by Gasteiger charge is 2.04. The van der Waals surface area contributed by atoms with Crippen LogP contribution in [0.2, 0.25) is 0 Å². The number of ether oxygens (including phenoxy) is 1. The molecule has 2 heteroatoms. The van der Waals surface area contributed by atoms with E-state index in [4.69, 9.17) is 4.74 Å². The van der Waals surface area contributed by atoms with Gasteiger partial charge in [0.25, 0.3) is 0 Å². The Morgan fingerprint density at radius 3 is 2.25 bits per heavy atom. The van der Waals surface area contributed by atoms with Crippen molar-refractivity contribution in [3.8, 4) is 0 Å². The molecular weight excluding hydrogens is 150 g/mol. The molecule has 0 aliphatic rings. The molecule has 0 rings (SSSR count). The predicted molar refractivity (Wildman–Crippen MR) is 53.4 cm³/mol. The number of hydrogen-bond donors (Lipinski definition) is 0. The number of rotatable bonds is 6. The summed E-state index contributed by atoms with van der Waals surface area (Å²) in [7, 11) is 3.92. The van der Waals surface area contributed by atoms with Crippen LogP contribution >= 0.6 is 0 Å². The molecule has 0 N–H and O–H groups in total. The van der Waals surface area contributed by atoms with Crippen LogP contribution in [0.1, 0.15) is 27.2 Å². The molecule has 12 heavy (non-hydrogen) atoms. The van der Waals surface area contributed by atoms with Gasteiger partial charge in [-0.25, -0.2) is 0 Å². The number of methoxy groups -OCH3 is 1. The number of likely N-dealkylation sites (N-methyl/N-ethyl adjacent to an activating group) is 1. The molecule has 0 heterocycles. The molecule has 1 atom stereocenters. The Morgan fingerprint density at radius 2 is 1.83 bits per heavy atom. The molecule has 0 aromatic rings. The lowest BCUT2D eigenvalue weighted by Gasteiger charge is -2.20. The van der Waals surface area contributed by atoms with E-state index in [2.05, 4.69) is 32.7 Å². The zero-order chi connectivity index (χ0) is 9.56. The highest BCUT2D eigenvalue weighted by molar-refractivity contribution is 4.58. The summed E-state index contributed by atoms with van der Waals surface area (Å²) in [6, 6.07) is 0. The average Bonchev–Trinajstić information content (AvgIpc) is 2.00. The second kappa shape index (κ2) is 6.44. The van der Waals surface area contributed by atoms with Crippen molar-refractivity contribution in [3.05, 3.63) is 0 Å². The first kappa shape index (κ1) is 11.9. The first-order chi connectivity index (χ1) is 5.56. The van der Waals surface area contributed by atoms with E-state index in [9.17, 15) is 0 Å². The van der Waals surface area contributed by atoms with Gasteiger partial charge in [0.2, 0.25) is 0 Å². The van der Waals surface area contributed by atoms with Crippen molar-refractivity contribution in [1.29, 1.82) is 0 Å². The summed E-state index contributed by atoms with van der Waals surface area (Å²) in [5, 5.41) is 0. The standard InChI is InChI=1S/C10H23NO/c1-9(2)6-7-11(4)8-10(3)12-5/h9-10H,6-8H2,1-5H3. The van der Waals surface area contributed by atoms with E-state index in [1.54, 1.807) is 7.11 Å². The van der Waals surface area contributed by atoms with Gasteiger partial charge in [-0.1, -0.05) is 13.8 Å². The van der Waals surface area contributed by atoms with Crippen LogP contribution in [-0.4, -0.2) is 38.3 Å². The first-order valence-corrected chi connectivity index (χ1v) is 4.77. The topological polar surface area (TPSA) is 12.5 Å². The maximum atomic E-state index is 5.19. The van der Waals surface area contributed by atoms with Gasteiger partial charge in [-0.05, 0) is 32.9 Å². The van der Waals surface area contributed by atoms with Gasteiger partial charge in [0.05, 0.1) is 6.10 Å². The van der Waals surface area contributed by atoms with Crippen LogP contribution in [0.3, 0.4) is 0 Å². The minimum Gasteiger partial charge on any atom is -0.380 e. The fraction of sp³-hybridized carbons (Fsp3) is 1.00. The van der Waals surface area contributed by atoms with Crippen molar-refractivity contribution < 1.29 is 4.74 Å². The van der Waals surface area contributed by atoms with Crippen LogP contribution in [0.5, 0.6) is 0 Å². The zero-order valence-corrected chi connectivity index (χ0v) is 9.13. The summed E-state index contributed by atoms with van der Waals surface area (Å²) < 4.78 is 5.19. The molecular formula is C10H23NO. The zero-order valence-electron chi connectivity index (χ0n) is 9.13. The summed E-state index contributed by atoms with van der Waals surface area (Å²) in [6.07, 6.45) is 1.62. The highest BCUT2D eigenvalue weighted by Crippen LogP contribution is 2.01. The second-order valence-corrected chi connectivity index (χ2v) is 3.99. The van der Waals surface area contributed by atoms with E-state index in [0.29, 0.717) is 6.10 Å². The van der Waals surface area contributed by atoms with Crippen molar-refractivity contribution in [2.75, 3.05) is 27.2 Å². The van der Waals surface area contributed by atoms with E-state index in [-0.39, 0.29) is 0 Å². The Labute approximate surface area is 76.9 Å². The van der Waals surface area contributed by atoms with E-state index >= 15 is 0 Å². The predicted octanol–water partition coefficient (Wildman–Crippen LogP) is 2.00. The van der Waals surface area contributed by atoms with Crippen LogP contribution in [0.15, 0.2) is 0 Å². The molecule has 0 radical (unpaired) electrons. The molecule has 0 saturated carbocycles. The number of nitrogens with zero attached hydrogens (tertiary/aromatic N) is 1. The molecule has 0 fully saturated rings. The van der Waals surface area contributed by atoms with Crippen LogP contribution < -0.4 is 0 Å². The SMILES string of the molecule is COC(C)CN(C)CCC(C)C. The van der Waals surface area contributed by atoms with E-state index in [1.165, 1.54) is 13.0 Å².